The third-order valence-corrected chi connectivity index (χ3v) is 3.15. The van der Waals surface area contributed by atoms with E-state index in [1.54, 1.807) is 19.0 Å². The van der Waals surface area contributed by atoms with E-state index in [0.717, 1.165) is 18.5 Å². The van der Waals surface area contributed by atoms with Crippen LogP contribution in [0.25, 0.3) is 0 Å². The molecule has 0 bridgehead atoms. The van der Waals surface area contributed by atoms with Gasteiger partial charge in [-0.15, -0.1) is 0 Å². The molecule has 0 aliphatic carbocycles. The quantitative estimate of drug-likeness (QED) is 0.811. The summed E-state index contributed by atoms with van der Waals surface area (Å²) >= 11 is 0. The maximum atomic E-state index is 11.7. The molecule has 2 amide bonds. The number of rotatable bonds is 3. The molecular weight excluding hydrogens is 228 g/mol. The second-order valence-corrected chi connectivity index (χ2v) is 4.82. The van der Waals surface area contributed by atoms with Gasteiger partial charge in [-0.2, -0.15) is 0 Å². The van der Waals surface area contributed by atoms with Crippen molar-refractivity contribution in [1.29, 1.82) is 0 Å². The van der Waals surface area contributed by atoms with Crippen molar-refractivity contribution in [1.82, 2.24) is 9.80 Å². The van der Waals surface area contributed by atoms with Crippen molar-refractivity contribution < 1.29 is 9.59 Å². The number of nitrogens with zero attached hydrogens (tertiary/aromatic N) is 2. The molecule has 18 heavy (non-hydrogen) atoms. The van der Waals surface area contributed by atoms with Crippen LogP contribution >= 0.6 is 0 Å². The van der Waals surface area contributed by atoms with E-state index in [0.29, 0.717) is 18.5 Å². The monoisotopic (exact) mass is 246 g/mol. The number of likely N-dealkylation sites (tertiary alicyclic amines) is 1. The van der Waals surface area contributed by atoms with Crippen LogP contribution in [0.1, 0.15) is 28.8 Å². The van der Waals surface area contributed by atoms with Crippen LogP contribution in [0.2, 0.25) is 0 Å². The van der Waals surface area contributed by atoms with Gasteiger partial charge in [0, 0.05) is 39.2 Å². The minimum absolute atomic E-state index is 0.00111. The van der Waals surface area contributed by atoms with Crippen molar-refractivity contribution in [3.8, 4) is 0 Å². The zero-order valence-corrected chi connectivity index (χ0v) is 10.8. The summed E-state index contributed by atoms with van der Waals surface area (Å²) in [5.74, 6) is 0.224. The van der Waals surface area contributed by atoms with Crippen molar-refractivity contribution in [2.24, 2.45) is 0 Å². The Hall–Kier alpha value is -1.84. The van der Waals surface area contributed by atoms with Crippen LogP contribution in [0.5, 0.6) is 0 Å². The first-order chi connectivity index (χ1) is 8.58. The summed E-state index contributed by atoms with van der Waals surface area (Å²) in [5.41, 5.74) is 1.75. The maximum absolute atomic E-state index is 11.7. The molecular formula is C14H18N2O2. The van der Waals surface area contributed by atoms with Crippen molar-refractivity contribution >= 4 is 11.8 Å². The van der Waals surface area contributed by atoms with Gasteiger partial charge >= 0.3 is 0 Å². The molecule has 1 aromatic carbocycles. The molecule has 0 N–H and O–H groups in total. The minimum atomic E-state index is -0.00111. The zero-order chi connectivity index (χ0) is 13.1. The van der Waals surface area contributed by atoms with Gasteiger partial charge in [0.2, 0.25) is 5.91 Å². The van der Waals surface area contributed by atoms with E-state index in [2.05, 4.69) is 0 Å². The summed E-state index contributed by atoms with van der Waals surface area (Å²) in [6.45, 7) is 1.49. The van der Waals surface area contributed by atoms with Crippen LogP contribution < -0.4 is 0 Å². The fourth-order valence-corrected chi connectivity index (χ4v) is 2.10. The first-order valence-corrected chi connectivity index (χ1v) is 6.16. The van der Waals surface area contributed by atoms with Crippen LogP contribution in [-0.4, -0.2) is 42.3 Å². The van der Waals surface area contributed by atoms with Gasteiger partial charge in [-0.3, -0.25) is 9.59 Å². The topological polar surface area (TPSA) is 40.6 Å². The predicted octanol–water partition coefficient (Wildman–Crippen LogP) is 1.51. The van der Waals surface area contributed by atoms with Crippen LogP contribution in [0.15, 0.2) is 24.3 Å². The maximum Gasteiger partial charge on any atom is 0.253 e. The van der Waals surface area contributed by atoms with Crippen molar-refractivity contribution in [2.75, 3.05) is 20.6 Å². The predicted molar refractivity (Wildman–Crippen MR) is 69.1 cm³/mol. The van der Waals surface area contributed by atoms with E-state index in [1.807, 2.05) is 29.2 Å². The van der Waals surface area contributed by atoms with Crippen LogP contribution in [0.4, 0.5) is 0 Å². The van der Waals surface area contributed by atoms with E-state index in [1.165, 1.54) is 0 Å². The molecule has 1 aliphatic heterocycles. The van der Waals surface area contributed by atoms with Gasteiger partial charge in [-0.1, -0.05) is 12.1 Å². The molecule has 0 radical (unpaired) electrons. The zero-order valence-electron chi connectivity index (χ0n) is 10.8. The molecule has 4 nitrogen and oxygen atoms in total. The number of amides is 2. The van der Waals surface area contributed by atoms with Gasteiger partial charge in [-0.25, -0.2) is 0 Å². The van der Waals surface area contributed by atoms with E-state index in [9.17, 15) is 9.59 Å². The van der Waals surface area contributed by atoms with E-state index in [4.69, 9.17) is 0 Å². The lowest BCUT2D eigenvalue weighted by molar-refractivity contribution is -0.128. The molecule has 0 aromatic heterocycles. The Bertz CT molecular complexity index is 451. The molecule has 2 rings (SSSR count). The molecule has 1 aromatic rings. The second-order valence-electron chi connectivity index (χ2n) is 4.82. The molecule has 0 saturated carbocycles. The SMILES string of the molecule is CN(C)C(=O)c1ccc(CN2CCCC2=O)cc1. The first kappa shape index (κ1) is 12.6. The van der Waals surface area contributed by atoms with Crippen LogP contribution in [-0.2, 0) is 11.3 Å². The third kappa shape index (κ3) is 2.70. The highest BCUT2D eigenvalue weighted by molar-refractivity contribution is 5.93. The summed E-state index contributed by atoms with van der Waals surface area (Å²) in [5, 5.41) is 0. The fourth-order valence-electron chi connectivity index (χ4n) is 2.10. The molecule has 1 heterocycles. The fraction of sp³-hybridized carbons (Fsp3) is 0.429. The van der Waals surface area contributed by atoms with Gasteiger partial charge in [0.05, 0.1) is 0 Å². The number of hydrogen-bond acceptors (Lipinski definition) is 2. The molecule has 1 fully saturated rings. The first-order valence-electron chi connectivity index (χ1n) is 6.16. The van der Waals surface area contributed by atoms with Gasteiger partial charge < -0.3 is 9.80 Å². The Balaban J connectivity index is 2.03. The minimum Gasteiger partial charge on any atom is -0.345 e. The number of benzene rings is 1. The molecule has 0 unspecified atom stereocenters. The normalized spacial score (nSPS) is 15.0. The van der Waals surface area contributed by atoms with Crippen molar-refractivity contribution in [3.63, 3.8) is 0 Å². The number of hydrogen-bond donors (Lipinski definition) is 0. The second kappa shape index (κ2) is 5.21. The standard InChI is InChI=1S/C14H18N2O2/c1-15(2)14(18)12-7-5-11(6-8-12)10-16-9-3-4-13(16)17/h5-8H,3-4,9-10H2,1-2H3. The lowest BCUT2D eigenvalue weighted by atomic mass is 10.1. The molecule has 96 valence electrons. The highest BCUT2D eigenvalue weighted by Crippen LogP contribution is 2.15. The summed E-state index contributed by atoms with van der Waals surface area (Å²) < 4.78 is 0. The Morgan fingerprint density at radius 1 is 1.28 bits per heavy atom. The average molecular weight is 246 g/mol. The van der Waals surface area contributed by atoms with Crippen LogP contribution in [0.3, 0.4) is 0 Å². The molecule has 1 saturated heterocycles. The molecule has 4 heteroatoms. The van der Waals surface area contributed by atoms with E-state index in [-0.39, 0.29) is 11.8 Å². The highest BCUT2D eigenvalue weighted by Gasteiger charge is 2.19. The van der Waals surface area contributed by atoms with Crippen LogP contribution in [0, 0.1) is 0 Å². The Morgan fingerprint density at radius 3 is 2.44 bits per heavy atom. The Kier molecular flexibility index (Phi) is 3.65. The highest BCUT2D eigenvalue weighted by atomic mass is 16.2. The van der Waals surface area contributed by atoms with Gasteiger partial charge in [0.1, 0.15) is 0 Å². The van der Waals surface area contributed by atoms with E-state index >= 15 is 0 Å². The van der Waals surface area contributed by atoms with Crippen molar-refractivity contribution in [3.05, 3.63) is 35.4 Å². The lowest BCUT2D eigenvalue weighted by Gasteiger charge is -2.16. The largest absolute Gasteiger partial charge is 0.345 e. The Morgan fingerprint density at radius 2 is 1.94 bits per heavy atom. The average Bonchev–Trinajstić information content (AvgIpc) is 2.75. The molecule has 1 aliphatic rings. The van der Waals surface area contributed by atoms with Gasteiger partial charge in [-0.05, 0) is 24.1 Å². The number of carbonyl (C=O) groups excluding carboxylic acids is 2. The summed E-state index contributed by atoms with van der Waals surface area (Å²) in [7, 11) is 3.47. The van der Waals surface area contributed by atoms with E-state index < -0.39 is 0 Å². The lowest BCUT2D eigenvalue weighted by Crippen LogP contribution is -2.24. The van der Waals surface area contributed by atoms with Crippen molar-refractivity contribution in [2.45, 2.75) is 19.4 Å². The van der Waals surface area contributed by atoms with Gasteiger partial charge in [0.15, 0.2) is 0 Å². The van der Waals surface area contributed by atoms with Gasteiger partial charge in [0.25, 0.3) is 5.91 Å². The molecule has 0 spiro atoms. The Labute approximate surface area is 107 Å². The summed E-state index contributed by atoms with van der Waals surface area (Å²) in [6.07, 6.45) is 1.62. The summed E-state index contributed by atoms with van der Waals surface area (Å²) in [6, 6.07) is 7.47. The smallest absolute Gasteiger partial charge is 0.253 e. The summed E-state index contributed by atoms with van der Waals surface area (Å²) in [4.78, 5) is 26.6. The third-order valence-electron chi connectivity index (χ3n) is 3.15. The molecule has 0 atom stereocenters. The number of carbonyl (C=O) groups is 2.